The fourth-order valence-corrected chi connectivity index (χ4v) is 2.31. The van der Waals surface area contributed by atoms with Crippen molar-refractivity contribution in [2.24, 2.45) is 7.05 Å². The largest absolute Gasteiger partial charge is 0.338 e. The summed E-state index contributed by atoms with van der Waals surface area (Å²) in [5.41, 5.74) is 0.786. The molecule has 0 aliphatic carbocycles. The second-order valence-electron chi connectivity index (χ2n) is 4.20. The predicted octanol–water partition coefficient (Wildman–Crippen LogP) is 1.82. The maximum Gasteiger partial charge on any atom is 0.183 e. The van der Waals surface area contributed by atoms with Gasteiger partial charge in [-0.25, -0.2) is 4.98 Å². The molecule has 0 bridgehead atoms. The lowest BCUT2D eigenvalue weighted by Crippen LogP contribution is -2.09. The summed E-state index contributed by atoms with van der Waals surface area (Å²) in [4.78, 5) is 16.9. The standard InChI is InChI=1S/C11H14N4OS/c1-7(2)10-11(17-14-13-10)8(16)6-9-12-4-5-15(9)3/h4-5,7H,6H2,1-3H3. The van der Waals surface area contributed by atoms with Crippen molar-refractivity contribution in [3.63, 3.8) is 0 Å². The van der Waals surface area contributed by atoms with Gasteiger partial charge in [-0.15, -0.1) is 5.10 Å². The molecule has 2 aromatic rings. The number of aryl methyl sites for hydroxylation is 1. The molecule has 0 unspecified atom stereocenters. The summed E-state index contributed by atoms with van der Waals surface area (Å²) >= 11 is 1.17. The molecule has 0 aromatic carbocycles. The van der Waals surface area contributed by atoms with Crippen LogP contribution >= 0.6 is 11.5 Å². The first-order chi connectivity index (χ1) is 8.09. The minimum atomic E-state index is 0.0398. The van der Waals surface area contributed by atoms with Crippen LogP contribution < -0.4 is 0 Å². The average Bonchev–Trinajstić information content (AvgIpc) is 2.87. The monoisotopic (exact) mass is 250 g/mol. The van der Waals surface area contributed by atoms with Gasteiger partial charge in [0.15, 0.2) is 5.78 Å². The van der Waals surface area contributed by atoms with E-state index >= 15 is 0 Å². The fraction of sp³-hybridized carbons (Fsp3) is 0.455. The Balaban J connectivity index is 2.21. The summed E-state index contributed by atoms with van der Waals surface area (Å²) in [7, 11) is 1.88. The number of ketones is 1. The van der Waals surface area contributed by atoms with Gasteiger partial charge >= 0.3 is 0 Å². The molecule has 0 saturated heterocycles. The highest BCUT2D eigenvalue weighted by atomic mass is 32.1. The third-order valence-electron chi connectivity index (χ3n) is 2.55. The molecular formula is C11H14N4OS. The van der Waals surface area contributed by atoms with Crippen LogP contribution in [0.15, 0.2) is 12.4 Å². The number of Topliss-reactive ketones (excluding diaryl/α,β-unsaturated/α-hetero) is 1. The smallest absolute Gasteiger partial charge is 0.183 e. The van der Waals surface area contributed by atoms with Crippen LogP contribution in [0.1, 0.15) is 41.0 Å². The van der Waals surface area contributed by atoms with Crippen LogP contribution in [0.3, 0.4) is 0 Å². The zero-order valence-corrected chi connectivity index (χ0v) is 10.9. The molecule has 0 aliphatic heterocycles. The lowest BCUT2D eigenvalue weighted by atomic mass is 10.1. The lowest BCUT2D eigenvalue weighted by Gasteiger charge is -2.03. The molecule has 17 heavy (non-hydrogen) atoms. The van der Waals surface area contributed by atoms with Gasteiger partial charge in [-0.3, -0.25) is 4.79 Å². The van der Waals surface area contributed by atoms with Gasteiger partial charge in [-0.05, 0) is 17.5 Å². The van der Waals surface area contributed by atoms with Crippen molar-refractivity contribution < 1.29 is 4.79 Å². The van der Waals surface area contributed by atoms with E-state index in [2.05, 4.69) is 14.6 Å². The molecule has 0 aliphatic rings. The Kier molecular flexibility index (Phi) is 3.33. The Bertz CT molecular complexity index is 529. The number of hydrogen-bond donors (Lipinski definition) is 0. The minimum absolute atomic E-state index is 0.0398. The van der Waals surface area contributed by atoms with Crippen LogP contribution in [-0.4, -0.2) is 24.9 Å². The van der Waals surface area contributed by atoms with E-state index in [1.54, 1.807) is 6.20 Å². The van der Waals surface area contributed by atoms with Crippen LogP contribution in [-0.2, 0) is 13.5 Å². The average molecular weight is 250 g/mol. The zero-order chi connectivity index (χ0) is 12.4. The normalized spacial score (nSPS) is 11.1. The fourth-order valence-electron chi connectivity index (χ4n) is 1.56. The molecule has 2 rings (SSSR count). The molecule has 0 N–H and O–H groups in total. The van der Waals surface area contributed by atoms with Crippen molar-refractivity contribution in [2.45, 2.75) is 26.2 Å². The molecule has 0 radical (unpaired) electrons. The van der Waals surface area contributed by atoms with Gasteiger partial charge in [0.05, 0.1) is 12.1 Å². The van der Waals surface area contributed by atoms with E-state index in [1.165, 1.54) is 11.5 Å². The Morgan fingerprint density at radius 1 is 1.53 bits per heavy atom. The number of hydrogen-bond acceptors (Lipinski definition) is 5. The first kappa shape index (κ1) is 11.9. The predicted molar refractivity (Wildman–Crippen MR) is 65.2 cm³/mol. The Morgan fingerprint density at radius 3 is 2.88 bits per heavy atom. The summed E-state index contributed by atoms with van der Waals surface area (Å²) in [5, 5.41) is 4.01. The molecule has 0 amide bonds. The zero-order valence-electron chi connectivity index (χ0n) is 10.0. The van der Waals surface area contributed by atoms with E-state index in [1.807, 2.05) is 31.7 Å². The number of rotatable bonds is 4. The van der Waals surface area contributed by atoms with Gasteiger partial charge in [-0.2, -0.15) is 0 Å². The molecule has 0 spiro atoms. The van der Waals surface area contributed by atoms with Crippen molar-refractivity contribution in [3.05, 3.63) is 28.8 Å². The Morgan fingerprint density at radius 2 is 2.29 bits per heavy atom. The van der Waals surface area contributed by atoms with Crippen LogP contribution in [0.25, 0.3) is 0 Å². The summed E-state index contributed by atoms with van der Waals surface area (Å²) in [5.74, 6) is 1.02. The van der Waals surface area contributed by atoms with Crippen LogP contribution in [0.2, 0.25) is 0 Å². The lowest BCUT2D eigenvalue weighted by molar-refractivity contribution is 0.0992. The summed E-state index contributed by atoms with van der Waals surface area (Å²) < 4.78 is 5.71. The summed E-state index contributed by atoms with van der Waals surface area (Å²) in [6, 6.07) is 0. The summed E-state index contributed by atoms with van der Waals surface area (Å²) in [6.07, 6.45) is 3.82. The Hall–Kier alpha value is -1.56. The molecule has 0 atom stereocenters. The van der Waals surface area contributed by atoms with Gasteiger partial charge < -0.3 is 4.57 Å². The highest BCUT2D eigenvalue weighted by Gasteiger charge is 2.19. The van der Waals surface area contributed by atoms with Crippen molar-refractivity contribution in [2.75, 3.05) is 0 Å². The molecular weight excluding hydrogens is 236 g/mol. The van der Waals surface area contributed by atoms with Gasteiger partial charge in [0.25, 0.3) is 0 Å². The van der Waals surface area contributed by atoms with E-state index in [-0.39, 0.29) is 11.7 Å². The molecule has 6 heteroatoms. The quantitative estimate of drug-likeness (QED) is 0.777. The second-order valence-corrected chi connectivity index (χ2v) is 4.95. The molecule has 90 valence electrons. The van der Waals surface area contributed by atoms with Gasteiger partial charge in [0.2, 0.25) is 0 Å². The van der Waals surface area contributed by atoms with Crippen LogP contribution in [0.5, 0.6) is 0 Å². The second kappa shape index (κ2) is 4.75. The number of carbonyl (C=O) groups is 1. The number of aromatic nitrogens is 4. The molecule has 2 heterocycles. The first-order valence-corrected chi connectivity index (χ1v) is 6.18. The first-order valence-electron chi connectivity index (χ1n) is 5.41. The van der Waals surface area contributed by atoms with Gasteiger partial charge in [0.1, 0.15) is 10.7 Å². The van der Waals surface area contributed by atoms with Crippen LogP contribution in [0.4, 0.5) is 0 Å². The topological polar surface area (TPSA) is 60.7 Å². The van der Waals surface area contributed by atoms with E-state index in [9.17, 15) is 4.79 Å². The van der Waals surface area contributed by atoms with Crippen molar-refractivity contribution in [1.29, 1.82) is 0 Å². The number of carbonyl (C=O) groups excluding carboxylic acids is 1. The highest BCUT2D eigenvalue weighted by Crippen LogP contribution is 2.21. The number of imidazole rings is 1. The minimum Gasteiger partial charge on any atom is -0.338 e. The maximum absolute atomic E-state index is 12.1. The number of nitrogens with zero attached hydrogens (tertiary/aromatic N) is 4. The van der Waals surface area contributed by atoms with Crippen molar-refractivity contribution >= 4 is 17.3 Å². The third-order valence-corrected chi connectivity index (χ3v) is 3.34. The van der Waals surface area contributed by atoms with E-state index < -0.39 is 0 Å². The van der Waals surface area contributed by atoms with E-state index in [0.29, 0.717) is 11.3 Å². The van der Waals surface area contributed by atoms with E-state index in [0.717, 1.165) is 11.5 Å². The third kappa shape index (κ3) is 2.41. The van der Waals surface area contributed by atoms with Gasteiger partial charge in [0, 0.05) is 19.4 Å². The van der Waals surface area contributed by atoms with Crippen LogP contribution in [0, 0.1) is 0 Å². The van der Waals surface area contributed by atoms with Crippen molar-refractivity contribution in [1.82, 2.24) is 19.1 Å². The van der Waals surface area contributed by atoms with Crippen molar-refractivity contribution in [3.8, 4) is 0 Å². The molecule has 0 fully saturated rings. The molecule has 0 saturated carbocycles. The Labute approximate surface area is 104 Å². The SMILES string of the molecule is CC(C)c1nnsc1C(=O)Cc1nccn1C. The summed E-state index contributed by atoms with van der Waals surface area (Å²) in [6.45, 7) is 4.02. The molecule has 2 aromatic heterocycles. The highest BCUT2D eigenvalue weighted by molar-refractivity contribution is 7.08. The van der Waals surface area contributed by atoms with Gasteiger partial charge in [-0.1, -0.05) is 18.3 Å². The molecule has 5 nitrogen and oxygen atoms in total. The maximum atomic E-state index is 12.1. The van der Waals surface area contributed by atoms with E-state index in [4.69, 9.17) is 0 Å².